The number of amides is 2. The van der Waals surface area contributed by atoms with Crippen LogP contribution < -0.4 is 15.0 Å². The molecule has 1 saturated heterocycles. The van der Waals surface area contributed by atoms with Gasteiger partial charge < -0.3 is 14.7 Å². The van der Waals surface area contributed by atoms with Crippen LogP contribution in [-0.2, 0) is 13.0 Å². The molecule has 1 fully saturated rings. The number of nitrogens with zero attached hydrogens (tertiary/aromatic N) is 5. The van der Waals surface area contributed by atoms with Gasteiger partial charge in [-0.3, -0.25) is 15.0 Å². The van der Waals surface area contributed by atoms with Crippen LogP contribution in [0.4, 0.5) is 16.4 Å². The summed E-state index contributed by atoms with van der Waals surface area (Å²) in [5.41, 5.74) is 1.65. The first kappa shape index (κ1) is 23.6. The summed E-state index contributed by atoms with van der Waals surface area (Å²) in [4.78, 5) is 36.7. The minimum Gasteiger partial charge on any atom is -0.490 e. The lowest BCUT2D eigenvalue weighted by atomic mass is 10.0. The first-order valence-electron chi connectivity index (χ1n) is 11.4. The zero-order valence-corrected chi connectivity index (χ0v) is 19.2. The number of rotatable bonds is 6. The van der Waals surface area contributed by atoms with E-state index in [1.165, 1.54) is 17.5 Å². The van der Waals surface area contributed by atoms with E-state index in [2.05, 4.69) is 33.3 Å². The van der Waals surface area contributed by atoms with E-state index in [0.717, 1.165) is 31.4 Å². The number of urea groups is 1. The van der Waals surface area contributed by atoms with Crippen LogP contribution in [0.3, 0.4) is 0 Å². The van der Waals surface area contributed by atoms with Gasteiger partial charge in [0.2, 0.25) is 0 Å². The molecule has 178 valence electrons. The number of ether oxygens (including phenoxy) is 1. The summed E-state index contributed by atoms with van der Waals surface area (Å²) in [7, 11) is 2.07. The molecule has 34 heavy (non-hydrogen) atoms. The van der Waals surface area contributed by atoms with E-state index in [-0.39, 0.29) is 24.2 Å². The van der Waals surface area contributed by atoms with Crippen molar-refractivity contribution in [3.8, 4) is 11.8 Å². The van der Waals surface area contributed by atoms with Crippen molar-refractivity contribution in [1.29, 1.82) is 5.26 Å². The maximum atomic E-state index is 13.1. The second-order valence-electron chi connectivity index (χ2n) is 8.60. The van der Waals surface area contributed by atoms with Crippen molar-refractivity contribution in [2.24, 2.45) is 0 Å². The summed E-state index contributed by atoms with van der Waals surface area (Å²) in [6.45, 7) is 1.60. The Kier molecular flexibility index (Phi) is 7.35. The van der Waals surface area contributed by atoms with Gasteiger partial charge in [0, 0.05) is 24.2 Å². The van der Waals surface area contributed by atoms with E-state index in [1.807, 2.05) is 0 Å². The van der Waals surface area contributed by atoms with E-state index >= 15 is 0 Å². The van der Waals surface area contributed by atoms with E-state index < -0.39 is 6.03 Å². The van der Waals surface area contributed by atoms with Crippen molar-refractivity contribution >= 4 is 24.0 Å². The molecule has 2 aromatic heterocycles. The summed E-state index contributed by atoms with van der Waals surface area (Å²) in [6.07, 6.45) is 6.74. The third-order valence-corrected chi connectivity index (χ3v) is 6.38. The Hall–Kier alpha value is -3.55. The van der Waals surface area contributed by atoms with Crippen LogP contribution >= 0.6 is 0 Å². The molecule has 0 aromatic carbocycles. The van der Waals surface area contributed by atoms with Crippen molar-refractivity contribution in [3.05, 3.63) is 40.7 Å². The number of aliphatic hydroxyl groups is 1. The number of aldehydes is 1. The molecule has 4 rings (SSSR count). The van der Waals surface area contributed by atoms with E-state index in [0.29, 0.717) is 48.6 Å². The zero-order valence-electron chi connectivity index (χ0n) is 19.2. The number of anilines is 2. The van der Waals surface area contributed by atoms with Crippen molar-refractivity contribution in [1.82, 2.24) is 14.9 Å². The van der Waals surface area contributed by atoms with E-state index in [1.54, 1.807) is 12.1 Å². The van der Waals surface area contributed by atoms with Crippen LogP contribution in [0.5, 0.6) is 5.75 Å². The molecular weight excluding hydrogens is 436 g/mol. The van der Waals surface area contributed by atoms with Gasteiger partial charge in [-0.25, -0.2) is 14.8 Å². The predicted molar refractivity (Wildman–Crippen MR) is 125 cm³/mol. The highest BCUT2D eigenvalue weighted by Gasteiger charge is 2.26. The minimum absolute atomic E-state index is 0.112. The fourth-order valence-corrected chi connectivity index (χ4v) is 4.41. The van der Waals surface area contributed by atoms with Gasteiger partial charge in [0.15, 0.2) is 6.29 Å². The largest absolute Gasteiger partial charge is 0.490 e. The van der Waals surface area contributed by atoms with E-state index in [9.17, 15) is 20.0 Å². The van der Waals surface area contributed by atoms with Gasteiger partial charge in [-0.1, -0.05) is 6.42 Å². The van der Waals surface area contributed by atoms with Crippen LogP contribution in [-0.4, -0.2) is 65.1 Å². The average molecular weight is 465 g/mol. The molecule has 2 aliphatic rings. The summed E-state index contributed by atoms with van der Waals surface area (Å²) < 4.78 is 5.97. The standard InChI is InChI=1S/C24H28N6O4/c1-29-7-3-2-6-19(29)15-34-21-10-22(26-12-18(21)11-25)28-24(33)30-8-4-5-16-9-17(13-31)20(14-32)27-23(16)30/h9-10,12,14,19,31H,2-8,13,15H2,1H3,(H,26,28,33). The quantitative estimate of drug-likeness (QED) is 0.624. The maximum Gasteiger partial charge on any atom is 0.328 e. The monoisotopic (exact) mass is 464 g/mol. The molecule has 1 unspecified atom stereocenters. The number of piperidine rings is 1. The summed E-state index contributed by atoms with van der Waals surface area (Å²) in [5, 5.41) is 21.7. The third-order valence-electron chi connectivity index (χ3n) is 6.38. The number of nitrogens with one attached hydrogen (secondary N) is 1. The average Bonchev–Trinajstić information content (AvgIpc) is 2.87. The fourth-order valence-electron chi connectivity index (χ4n) is 4.41. The molecule has 0 aliphatic carbocycles. The van der Waals surface area contributed by atoms with Crippen LogP contribution in [0.25, 0.3) is 0 Å². The number of carbonyl (C=O) groups excluding carboxylic acids is 2. The van der Waals surface area contributed by atoms with Crippen LogP contribution in [0, 0.1) is 11.3 Å². The highest BCUT2D eigenvalue weighted by molar-refractivity contribution is 6.01. The third kappa shape index (κ3) is 5.00. The van der Waals surface area contributed by atoms with Gasteiger partial charge in [0.05, 0.1) is 12.8 Å². The second-order valence-corrected chi connectivity index (χ2v) is 8.60. The summed E-state index contributed by atoms with van der Waals surface area (Å²) in [5.74, 6) is 1.03. The molecular formula is C24H28N6O4. The Morgan fingerprint density at radius 2 is 2.21 bits per heavy atom. The number of fused-ring (bicyclic) bond motifs is 1. The van der Waals surface area contributed by atoms with Gasteiger partial charge in [0.1, 0.15) is 41.3 Å². The van der Waals surface area contributed by atoms with Crippen molar-refractivity contribution in [2.45, 2.75) is 44.8 Å². The molecule has 0 bridgehead atoms. The molecule has 0 radical (unpaired) electrons. The highest BCUT2D eigenvalue weighted by atomic mass is 16.5. The normalized spacial score (nSPS) is 18.0. The Labute approximate surface area is 198 Å². The maximum absolute atomic E-state index is 13.1. The Balaban J connectivity index is 1.51. The number of likely N-dealkylation sites (tertiary alicyclic amines) is 1. The van der Waals surface area contributed by atoms with Crippen LogP contribution in [0.1, 0.15) is 52.9 Å². The molecule has 1 atom stereocenters. The number of likely N-dealkylation sites (N-methyl/N-ethyl adjacent to an activating group) is 1. The fraction of sp³-hybridized carbons (Fsp3) is 0.458. The van der Waals surface area contributed by atoms with Crippen molar-refractivity contribution < 1.29 is 19.4 Å². The highest BCUT2D eigenvalue weighted by Crippen LogP contribution is 2.28. The molecule has 10 nitrogen and oxygen atoms in total. The number of carbonyl (C=O) groups is 2. The molecule has 2 aromatic rings. The second kappa shape index (κ2) is 10.6. The smallest absolute Gasteiger partial charge is 0.328 e. The van der Waals surface area contributed by atoms with Gasteiger partial charge in [-0.2, -0.15) is 5.26 Å². The number of nitriles is 1. The minimum atomic E-state index is -0.447. The molecule has 2 N–H and O–H groups in total. The molecule has 4 heterocycles. The van der Waals surface area contributed by atoms with Gasteiger partial charge in [-0.05, 0) is 50.9 Å². The number of aryl methyl sites for hydroxylation is 1. The number of aliphatic hydroxyl groups excluding tert-OH is 1. The Morgan fingerprint density at radius 3 is 2.94 bits per heavy atom. The van der Waals surface area contributed by atoms with E-state index in [4.69, 9.17) is 4.74 Å². The molecule has 2 amide bonds. The van der Waals surface area contributed by atoms with Crippen LogP contribution in [0.2, 0.25) is 0 Å². The predicted octanol–water partition coefficient (Wildman–Crippen LogP) is 2.50. The number of aromatic nitrogens is 2. The molecule has 0 spiro atoms. The lowest BCUT2D eigenvalue weighted by Gasteiger charge is -2.32. The topological polar surface area (TPSA) is 132 Å². The first-order chi connectivity index (χ1) is 16.5. The number of pyridine rings is 2. The van der Waals surface area contributed by atoms with Gasteiger partial charge >= 0.3 is 6.03 Å². The van der Waals surface area contributed by atoms with Gasteiger partial charge in [0.25, 0.3) is 0 Å². The van der Waals surface area contributed by atoms with Crippen molar-refractivity contribution in [2.75, 3.05) is 37.0 Å². The SMILES string of the molecule is CN1CCCCC1COc1cc(NC(=O)N2CCCc3cc(CO)c(C=O)nc32)ncc1C#N. The Bertz CT molecular complexity index is 1120. The first-order valence-corrected chi connectivity index (χ1v) is 11.4. The Morgan fingerprint density at radius 1 is 1.35 bits per heavy atom. The summed E-state index contributed by atoms with van der Waals surface area (Å²) >= 11 is 0. The molecule has 10 heteroatoms. The zero-order chi connectivity index (χ0) is 24.1. The van der Waals surface area contributed by atoms with Crippen molar-refractivity contribution in [3.63, 3.8) is 0 Å². The van der Waals surface area contributed by atoms with Crippen LogP contribution in [0.15, 0.2) is 18.3 Å². The number of hydrogen-bond acceptors (Lipinski definition) is 8. The summed E-state index contributed by atoms with van der Waals surface area (Å²) in [6, 6.07) is 5.20. The molecule has 0 saturated carbocycles. The lowest BCUT2D eigenvalue weighted by Crippen LogP contribution is -2.40. The molecule has 2 aliphatic heterocycles. The number of hydrogen-bond donors (Lipinski definition) is 2. The lowest BCUT2D eigenvalue weighted by molar-refractivity contribution is 0.111. The van der Waals surface area contributed by atoms with Gasteiger partial charge in [-0.15, -0.1) is 0 Å².